The van der Waals surface area contributed by atoms with E-state index >= 15 is 0 Å². The number of rotatable bonds is 5. The lowest BCUT2D eigenvalue weighted by atomic mass is 10.1. The molecule has 0 aliphatic heterocycles. The zero-order valence-corrected chi connectivity index (χ0v) is 11.8. The van der Waals surface area contributed by atoms with Crippen molar-refractivity contribution in [2.24, 2.45) is 0 Å². The van der Waals surface area contributed by atoms with E-state index in [0.29, 0.717) is 21.1 Å². The average Bonchev–Trinajstić information content (AvgIpc) is 2.21. The number of benzene rings is 1. The normalized spacial score (nSPS) is 12.6. The van der Waals surface area contributed by atoms with Gasteiger partial charge < -0.3 is 5.32 Å². The van der Waals surface area contributed by atoms with E-state index in [1.54, 1.807) is 12.1 Å². The quantitative estimate of drug-likeness (QED) is 0.736. The Bertz CT molecular complexity index is 329. The third-order valence-electron chi connectivity index (χ3n) is 2.49. The Morgan fingerprint density at radius 1 is 1.12 bits per heavy atom. The first-order valence-electron chi connectivity index (χ1n) is 5.49. The van der Waals surface area contributed by atoms with Gasteiger partial charge in [0.25, 0.3) is 0 Å². The van der Waals surface area contributed by atoms with E-state index < -0.39 is 0 Å². The largest absolute Gasteiger partial charge is 0.380 e. The molecule has 0 saturated heterocycles. The summed E-state index contributed by atoms with van der Waals surface area (Å²) in [5.74, 6) is 0. The second-order valence-corrected chi connectivity index (χ2v) is 5.03. The van der Waals surface area contributed by atoms with Crippen molar-refractivity contribution in [3.05, 3.63) is 27.2 Å². The van der Waals surface area contributed by atoms with Gasteiger partial charge in [0.2, 0.25) is 0 Å². The Morgan fingerprint density at radius 3 is 2.12 bits per heavy atom. The van der Waals surface area contributed by atoms with Gasteiger partial charge in [0, 0.05) is 11.1 Å². The van der Waals surface area contributed by atoms with Crippen LogP contribution in [0.15, 0.2) is 12.1 Å². The molecule has 1 rings (SSSR count). The van der Waals surface area contributed by atoms with E-state index in [0.717, 1.165) is 24.9 Å². The van der Waals surface area contributed by atoms with Crippen LogP contribution in [-0.4, -0.2) is 6.04 Å². The lowest BCUT2D eigenvalue weighted by Gasteiger charge is -2.19. The fourth-order valence-electron chi connectivity index (χ4n) is 1.61. The summed E-state index contributed by atoms with van der Waals surface area (Å²) in [4.78, 5) is 0. The third kappa shape index (κ3) is 3.73. The van der Waals surface area contributed by atoms with Crippen molar-refractivity contribution in [3.63, 3.8) is 0 Å². The van der Waals surface area contributed by atoms with Crippen molar-refractivity contribution in [3.8, 4) is 0 Å². The van der Waals surface area contributed by atoms with Crippen LogP contribution in [0.1, 0.15) is 33.1 Å². The van der Waals surface area contributed by atoms with Crippen molar-refractivity contribution >= 4 is 40.5 Å². The smallest absolute Gasteiger partial charge is 0.0722 e. The monoisotopic (exact) mass is 279 g/mol. The van der Waals surface area contributed by atoms with Crippen molar-refractivity contribution in [1.82, 2.24) is 0 Å². The highest BCUT2D eigenvalue weighted by Gasteiger charge is 2.11. The highest BCUT2D eigenvalue weighted by atomic mass is 35.5. The Labute approximate surface area is 112 Å². The van der Waals surface area contributed by atoms with E-state index in [1.807, 2.05) is 0 Å². The molecule has 1 nitrogen and oxygen atoms in total. The first-order valence-corrected chi connectivity index (χ1v) is 6.62. The molecule has 0 saturated carbocycles. The fraction of sp³-hybridized carbons (Fsp3) is 0.500. The molecular formula is C12H16Cl3N. The molecule has 1 N–H and O–H groups in total. The van der Waals surface area contributed by atoms with Gasteiger partial charge in [-0.3, -0.25) is 0 Å². The van der Waals surface area contributed by atoms with E-state index in [4.69, 9.17) is 34.8 Å². The van der Waals surface area contributed by atoms with Gasteiger partial charge in [-0.15, -0.1) is 0 Å². The van der Waals surface area contributed by atoms with Crippen molar-refractivity contribution in [2.45, 2.75) is 39.2 Å². The molecule has 0 amide bonds. The highest BCUT2D eigenvalue weighted by molar-refractivity contribution is 6.41. The molecule has 1 atom stereocenters. The molecule has 16 heavy (non-hydrogen) atoms. The Hall–Kier alpha value is -0.110. The Kier molecular flexibility index (Phi) is 5.74. The highest BCUT2D eigenvalue weighted by Crippen LogP contribution is 2.34. The van der Waals surface area contributed by atoms with Crippen molar-refractivity contribution in [1.29, 1.82) is 0 Å². The lowest BCUT2D eigenvalue weighted by molar-refractivity contribution is 0.623. The predicted octanol–water partition coefficient (Wildman–Crippen LogP) is 5.64. The molecule has 0 heterocycles. The standard InChI is InChI=1S/C12H16Cl3N/c1-3-5-9(4-2)16-12-10(14)6-8(13)7-11(12)15/h6-7,9,16H,3-5H2,1-2H3. The van der Waals surface area contributed by atoms with Gasteiger partial charge in [-0.05, 0) is 25.0 Å². The maximum Gasteiger partial charge on any atom is 0.0722 e. The Balaban J connectivity index is 2.87. The van der Waals surface area contributed by atoms with E-state index in [9.17, 15) is 0 Å². The van der Waals surface area contributed by atoms with Crippen LogP contribution in [0.2, 0.25) is 15.1 Å². The van der Waals surface area contributed by atoms with Crippen LogP contribution in [-0.2, 0) is 0 Å². The maximum absolute atomic E-state index is 6.10. The topological polar surface area (TPSA) is 12.0 Å². The van der Waals surface area contributed by atoms with Gasteiger partial charge in [-0.1, -0.05) is 55.1 Å². The Morgan fingerprint density at radius 2 is 1.69 bits per heavy atom. The zero-order valence-electron chi connectivity index (χ0n) is 9.49. The molecule has 0 fully saturated rings. The molecule has 90 valence electrons. The molecule has 0 aliphatic carbocycles. The summed E-state index contributed by atoms with van der Waals surface area (Å²) < 4.78 is 0. The second kappa shape index (κ2) is 6.58. The first-order chi connectivity index (χ1) is 7.58. The summed E-state index contributed by atoms with van der Waals surface area (Å²) in [5.41, 5.74) is 0.785. The number of hydrogen-bond acceptors (Lipinski definition) is 1. The predicted molar refractivity (Wildman–Crippen MR) is 74.1 cm³/mol. The number of hydrogen-bond donors (Lipinski definition) is 1. The molecule has 0 aliphatic rings. The van der Waals surface area contributed by atoms with Gasteiger partial charge >= 0.3 is 0 Å². The van der Waals surface area contributed by atoms with Crippen LogP contribution in [0.25, 0.3) is 0 Å². The van der Waals surface area contributed by atoms with Gasteiger partial charge in [-0.2, -0.15) is 0 Å². The lowest BCUT2D eigenvalue weighted by Crippen LogP contribution is -2.18. The van der Waals surface area contributed by atoms with E-state index in [1.165, 1.54) is 0 Å². The minimum absolute atomic E-state index is 0.404. The van der Waals surface area contributed by atoms with Gasteiger partial charge in [0.1, 0.15) is 0 Å². The van der Waals surface area contributed by atoms with Crippen LogP contribution >= 0.6 is 34.8 Å². The second-order valence-electron chi connectivity index (χ2n) is 3.78. The molecule has 4 heteroatoms. The minimum atomic E-state index is 0.404. The van der Waals surface area contributed by atoms with Crippen LogP contribution in [0.4, 0.5) is 5.69 Å². The SMILES string of the molecule is CCCC(CC)Nc1c(Cl)cc(Cl)cc1Cl. The van der Waals surface area contributed by atoms with Crippen molar-refractivity contribution < 1.29 is 0 Å². The molecule has 1 aromatic rings. The zero-order chi connectivity index (χ0) is 12.1. The molecule has 0 spiro atoms. The summed E-state index contributed by atoms with van der Waals surface area (Å²) in [6.07, 6.45) is 3.28. The molecular weight excluding hydrogens is 264 g/mol. The molecule has 1 aromatic carbocycles. The summed E-state index contributed by atoms with van der Waals surface area (Å²) in [6.45, 7) is 4.31. The van der Waals surface area contributed by atoms with Gasteiger partial charge in [0.05, 0.1) is 15.7 Å². The van der Waals surface area contributed by atoms with Gasteiger partial charge in [-0.25, -0.2) is 0 Å². The summed E-state index contributed by atoms with van der Waals surface area (Å²) in [6, 6.07) is 3.81. The van der Waals surface area contributed by atoms with Crippen LogP contribution in [0.3, 0.4) is 0 Å². The van der Waals surface area contributed by atoms with Crippen LogP contribution in [0.5, 0.6) is 0 Å². The summed E-state index contributed by atoms with van der Waals surface area (Å²) in [5, 5.41) is 5.08. The summed E-state index contributed by atoms with van der Waals surface area (Å²) in [7, 11) is 0. The number of halogens is 3. The number of anilines is 1. The fourth-order valence-corrected chi connectivity index (χ4v) is 2.54. The molecule has 0 bridgehead atoms. The average molecular weight is 281 g/mol. The molecule has 1 unspecified atom stereocenters. The van der Waals surface area contributed by atoms with Crippen LogP contribution in [0, 0.1) is 0 Å². The van der Waals surface area contributed by atoms with Crippen LogP contribution < -0.4 is 5.32 Å². The maximum atomic E-state index is 6.10. The third-order valence-corrected chi connectivity index (χ3v) is 3.30. The number of nitrogens with one attached hydrogen (secondary N) is 1. The first kappa shape index (κ1) is 14.0. The van der Waals surface area contributed by atoms with Crippen molar-refractivity contribution in [2.75, 3.05) is 5.32 Å². The van der Waals surface area contributed by atoms with E-state index in [-0.39, 0.29) is 0 Å². The minimum Gasteiger partial charge on any atom is -0.380 e. The van der Waals surface area contributed by atoms with Gasteiger partial charge in [0.15, 0.2) is 0 Å². The summed E-state index contributed by atoms with van der Waals surface area (Å²) >= 11 is 18.1. The van der Waals surface area contributed by atoms with E-state index in [2.05, 4.69) is 19.2 Å². The molecule has 0 radical (unpaired) electrons. The molecule has 0 aromatic heterocycles.